The maximum Gasteiger partial charge on any atom is 0.136 e. The van der Waals surface area contributed by atoms with Gasteiger partial charge in [0.05, 0.1) is 5.69 Å². The molecular weight excluding hydrogens is 258 g/mol. The minimum absolute atomic E-state index is 0.833. The fraction of sp³-hybridized carbons (Fsp3) is 0.500. The van der Waals surface area contributed by atoms with E-state index in [1.807, 2.05) is 0 Å². The van der Waals surface area contributed by atoms with E-state index in [0.717, 1.165) is 37.7 Å². The van der Waals surface area contributed by atoms with Crippen LogP contribution in [-0.2, 0) is 6.54 Å². The molecule has 0 amide bonds. The summed E-state index contributed by atoms with van der Waals surface area (Å²) in [6.45, 7) is 10.5. The fourth-order valence-corrected chi connectivity index (χ4v) is 2.58. The quantitative estimate of drug-likeness (QED) is 0.795. The Hall–Kier alpha value is -1.61. The number of benzene rings is 1. The summed E-state index contributed by atoms with van der Waals surface area (Å²) in [5.74, 6) is 1.14. The van der Waals surface area contributed by atoms with Gasteiger partial charge >= 0.3 is 0 Å². The molecule has 0 fully saturated rings. The van der Waals surface area contributed by atoms with Gasteiger partial charge in [-0.05, 0) is 31.3 Å². The first kappa shape index (κ1) is 15.8. The number of unbranched alkanes of at least 4 members (excludes halogenated alkanes) is 1. The predicted octanol–water partition coefficient (Wildman–Crippen LogP) is 3.97. The molecule has 1 heterocycles. The number of hydrogen-bond acceptors (Lipinski definition) is 3. The lowest BCUT2D eigenvalue weighted by Gasteiger charge is -2.24. The third kappa shape index (κ3) is 3.94. The molecule has 3 nitrogen and oxygen atoms in total. The van der Waals surface area contributed by atoms with Crippen LogP contribution in [0.5, 0.6) is 0 Å². The number of fused-ring (bicyclic) bond motifs is 1. The van der Waals surface area contributed by atoms with E-state index in [1.165, 1.54) is 23.6 Å². The average molecular weight is 285 g/mol. The number of rotatable bonds is 8. The zero-order valence-electron chi connectivity index (χ0n) is 13.5. The molecule has 0 bridgehead atoms. The molecule has 21 heavy (non-hydrogen) atoms. The van der Waals surface area contributed by atoms with E-state index in [4.69, 9.17) is 4.98 Å². The molecule has 0 spiro atoms. The summed E-state index contributed by atoms with van der Waals surface area (Å²) in [6.07, 6.45) is 2.42. The Labute approximate surface area is 128 Å². The molecular formula is C18H27N3. The molecule has 1 aromatic carbocycles. The largest absolute Gasteiger partial charge is 0.356 e. The first-order valence-corrected chi connectivity index (χ1v) is 8.14. The molecule has 0 unspecified atom stereocenters. The second-order valence-corrected chi connectivity index (χ2v) is 5.37. The van der Waals surface area contributed by atoms with Gasteiger partial charge in [0.2, 0.25) is 0 Å². The number of pyridine rings is 1. The molecule has 114 valence electrons. The zero-order valence-corrected chi connectivity index (χ0v) is 13.5. The Balaban J connectivity index is 2.42. The molecule has 2 aromatic rings. The van der Waals surface area contributed by atoms with Gasteiger partial charge in [-0.1, -0.05) is 44.5 Å². The topological polar surface area (TPSA) is 28.2 Å². The molecule has 0 aliphatic carbocycles. The van der Waals surface area contributed by atoms with Crippen molar-refractivity contribution in [2.45, 2.75) is 40.2 Å². The van der Waals surface area contributed by atoms with Crippen molar-refractivity contribution in [2.75, 3.05) is 24.5 Å². The third-order valence-electron chi connectivity index (χ3n) is 3.79. The van der Waals surface area contributed by atoms with Gasteiger partial charge in [0, 0.05) is 25.0 Å². The monoisotopic (exact) mass is 285 g/mol. The Morgan fingerprint density at radius 2 is 1.95 bits per heavy atom. The Kier molecular flexibility index (Phi) is 6.00. The van der Waals surface area contributed by atoms with Crippen LogP contribution in [0.3, 0.4) is 0 Å². The molecule has 0 atom stereocenters. The summed E-state index contributed by atoms with van der Waals surface area (Å²) in [7, 11) is 0. The van der Waals surface area contributed by atoms with Crippen LogP contribution in [0.4, 0.5) is 5.82 Å². The van der Waals surface area contributed by atoms with E-state index in [1.54, 1.807) is 0 Å². The van der Waals surface area contributed by atoms with Gasteiger partial charge in [0.15, 0.2) is 0 Å². The van der Waals surface area contributed by atoms with E-state index in [2.05, 4.69) is 61.3 Å². The van der Waals surface area contributed by atoms with Gasteiger partial charge in [-0.3, -0.25) is 0 Å². The molecule has 0 saturated heterocycles. The first-order valence-electron chi connectivity index (χ1n) is 8.14. The van der Waals surface area contributed by atoms with Crippen molar-refractivity contribution in [3.05, 3.63) is 36.0 Å². The summed E-state index contributed by atoms with van der Waals surface area (Å²) in [5.41, 5.74) is 1.13. The van der Waals surface area contributed by atoms with E-state index in [0.29, 0.717) is 0 Å². The van der Waals surface area contributed by atoms with Crippen molar-refractivity contribution >= 4 is 16.6 Å². The second kappa shape index (κ2) is 7.99. The Morgan fingerprint density at radius 1 is 1.14 bits per heavy atom. The molecule has 1 N–H and O–H groups in total. The molecule has 0 aliphatic heterocycles. The van der Waals surface area contributed by atoms with Gasteiger partial charge in [-0.15, -0.1) is 0 Å². The van der Waals surface area contributed by atoms with E-state index >= 15 is 0 Å². The van der Waals surface area contributed by atoms with Gasteiger partial charge in [-0.2, -0.15) is 0 Å². The Morgan fingerprint density at radius 3 is 2.67 bits per heavy atom. The van der Waals surface area contributed by atoms with Crippen LogP contribution in [-0.4, -0.2) is 24.6 Å². The zero-order chi connectivity index (χ0) is 15.1. The van der Waals surface area contributed by atoms with Crippen molar-refractivity contribution in [3.63, 3.8) is 0 Å². The van der Waals surface area contributed by atoms with Crippen molar-refractivity contribution in [3.8, 4) is 0 Å². The molecule has 1 aromatic heterocycles. The van der Waals surface area contributed by atoms with Crippen molar-refractivity contribution in [2.24, 2.45) is 0 Å². The highest BCUT2D eigenvalue weighted by atomic mass is 15.2. The minimum Gasteiger partial charge on any atom is -0.356 e. The van der Waals surface area contributed by atoms with Crippen molar-refractivity contribution in [1.29, 1.82) is 0 Å². The molecule has 0 aliphatic rings. The predicted molar refractivity (Wildman–Crippen MR) is 91.9 cm³/mol. The van der Waals surface area contributed by atoms with Gasteiger partial charge in [-0.25, -0.2) is 4.98 Å². The second-order valence-electron chi connectivity index (χ2n) is 5.37. The summed E-state index contributed by atoms with van der Waals surface area (Å²) < 4.78 is 0. The highest BCUT2D eigenvalue weighted by molar-refractivity contribution is 5.92. The van der Waals surface area contributed by atoms with Crippen molar-refractivity contribution < 1.29 is 0 Å². The maximum absolute atomic E-state index is 4.93. The lowest BCUT2D eigenvalue weighted by atomic mass is 10.1. The molecule has 3 heteroatoms. The lowest BCUT2D eigenvalue weighted by Crippen LogP contribution is -2.26. The summed E-state index contributed by atoms with van der Waals surface area (Å²) >= 11 is 0. The fourth-order valence-electron chi connectivity index (χ4n) is 2.58. The summed E-state index contributed by atoms with van der Waals surface area (Å²) in [4.78, 5) is 7.33. The number of anilines is 1. The van der Waals surface area contributed by atoms with Gasteiger partial charge in [0.25, 0.3) is 0 Å². The number of hydrogen-bond donors (Lipinski definition) is 1. The van der Waals surface area contributed by atoms with Crippen LogP contribution in [0, 0.1) is 0 Å². The Bertz CT molecular complexity index is 565. The maximum atomic E-state index is 4.93. The average Bonchev–Trinajstić information content (AvgIpc) is 2.53. The highest BCUT2D eigenvalue weighted by Crippen LogP contribution is 2.26. The first-order chi connectivity index (χ1) is 10.3. The summed E-state index contributed by atoms with van der Waals surface area (Å²) in [6, 6.07) is 10.8. The van der Waals surface area contributed by atoms with E-state index in [-0.39, 0.29) is 0 Å². The van der Waals surface area contributed by atoms with Crippen LogP contribution in [0.25, 0.3) is 10.8 Å². The van der Waals surface area contributed by atoms with Crippen LogP contribution in [0.1, 0.15) is 39.3 Å². The van der Waals surface area contributed by atoms with Crippen LogP contribution in [0.15, 0.2) is 30.3 Å². The molecule has 0 radical (unpaired) electrons. The van der Waals surface area contributed by atoms with Gasteiger partial charge < -0.3 is 10.2 Å². The minimum atomic E-state index is 0.833. The lowest BCUT2D eigenvalue weighted by molar-refractivity contribution is 0.699. The molecule has 0 saturated carbocycles. The highest BCUT2D eigenvalue weighted by Gasteiger charge is 2.11. The smallest absolute Gasteiger partial charge is 0.136 e. The SMILES string of the molecule is CCCCN(CC)c1nc(CNCC)cc2ccccc12. The van der Waals surface area contributed by atoms with Crippen LogP contribution in [0.2, 0.25) is 0 Å². The van der Waals surface area contributed by atoms with Crippen LogP contribution >= 0.6 is 0 Å². The standard InChI is InChI=1S/C18H27N3/c1-4-7-12-21(6-3)18-17-11-9-8-10-15(17)13-16(20-18)14-19-5-2/h8-11,13,19H,4-7,12,14H2,1-3H3. The van der Waals surface area contributed by atoms with Crippen LogP contribution < -0.4 is 10.2 Å². The number of nitrogens with one attached hydrogen (secondary N) is 1. The normalized spacial score (nSPS) is 11.0. The third-order valence-corrected chi connectivity index (χ3v) is 3.79. The van der Waals surface area contributed by atoms with E-state index in [9.17, 15) is 0 Å². The van der Waals surface area contributed by atoms with E-state index < -0.39 is 0 Å². The van der Waals surface area contributed by atoms with Crippen molar-refractivity contribution in [1.82, 2.24) is 10.3 Å². The molecule has 2 rings (SSSR count). The van der Waals surface area contributed by atoms with Gasteiger partial charge in [0.1, 0.15) is 5.82 Å². The number of aromatic nitrogens is 1. The summed E-state index contributed by atoms with van der Waals surface area (Å²) in [5, 5.41) is 5.92. The number of nitrogens with zero attached hydrogens (tertiary/aromatic N) is 2.